The van der Waals surface area contributed by atoms with Crippen LogP contribution in [0.5, 0.6) is 0 Å². The maximum atomic E-state index is 6.20. The molecule has 1 aliphatic rings. The molecule has 1 heterocycles. The molecule has 0 aromatic rings. The van der Waals surface area contributed by atoms with Gasteiger partial charge in [-0.15, -0.1) is 0 Å². The molecule has 1 aliphatic heterocycles. The van der Waals surface area contributed by atoms with Crippen LogP contribution in [0.2, 0.25) is 0 Å². The van der Waals surface area contributed by atoms with E-state index in [0.717, 1.165) is 6.61 Å². The first-order valence-corrected chi connectivity index (χ1v) is 10.2. The quantitative estimate of drug-likeness (QED) is 0.356. The van der Waals surface area contributed by atoms with Gasteiger partial charge in [-0.1, -0.05) is 77.6 Å². The number of ether oxygens (including phenoxy) is 1. The zero-order valence-electron chi connectivity index (χ0n) is 15.2. The lowest BCUT2D eigenvalue weighted by Gasteiger charge is -2.26. The highest BCUT2D eigenvalue weighted by Crippen LogP contribution is 2.19. The maximum Gasteiger partial charge on any atom is 0.0597 e. The fraction of sp³-hybridized carbons (Fsp3) is 1.00. The van der Waals surface area contributed by atoms with Gasteiger partial charge in [0.05, 0.1) is 6.10 Å². The van der Waals surface area contributed by atoms with Crippen molar-refractivity contribution in [3.05, 3.63) is 0 Å². The van der Waals surface area contributed by atoms with Crippen molar-refractivity contribution in [3.8, 4) is 0 Å². The number of nitrogens with two attached hydrogens (primary N) is 1. The SMILES string of the molecule is CCCCCCCCCCCCCC(N)CCCC1CCO1. The van der Waals surface area contributed by atoms with Crippen molar-refractivity contribution in [2.24, 2.45) is 5.73 Å². The van der Waals surface area contributed by atoms with Crippen LogP contribution in [0.25, 0.3) is 0 Å². The molecule has 2 heteroatoms. The first kappa shape index (κ1) is 20.0. The molecule has 1 fully saturated rings. The Balaban J connectivity index is 1.71. The van der Waals surface area contributed by atoms with Gasteiger partial charge in [0.2, 0.25) is 0 Å². The zero-order chi connectivity index (χ0) is 15.9. The summed E-state index contributed by atoms with van der Waals surface area (Å²) in [6.07, 6.45) is 22.3. The van der Waals surface area contributed by atoms with E-state index in [4.69, 9.17) is 10.5 Å². The van der Waals surface area contributed by atoms with E-state index in [1.54, 1.807) is 0 Å². The summed E-state index contributed by atoms with van der Waals surface area (Å²) < 4.78 is 5.44. The Hall–Kier alpha value is -0.0800. The molecule has 0 spiro atoms. The molecule has 0 amide bonds. The Bertz CT molecular complexity index is 228. The fourth-order valence-corrected chi connectivity index (χ4v) is 3.33. The van der Waals surface area contributed by atoms with Crippen molar-refractivity contribution in [1.82, 2.24) is 0 Å². The first-order chi connectivity index (χ1) is 10.8. The molecule has 0 aromatic heterocycles. The van der Waals surface area contributed by atoms with Gasteiger partial charge in [0.25, 0.3) is 0 Å². The van der Waals surface area contributed by atoms with E-state index >= 15 is 0 Å². The monoisotopic (exact) mass is 311 g/mol. The Morgan fingerprint density at radius 3 is 1.82 bits per heavy atom. The second kappa shape index (κ2) is 14.5. The molecule has 0 saturated carbocycles. The van der Waals surface area contributed by atoms with E-state index in [1.165, 1.54) is 103 Å². The molecule has 2 unspecified atom stereocenters. The van der Waals surface area contributed by atoms with Crippen LogP contribution in [0, 0.1) is 0 Å². The summed E-state index contributed by atoms with van der Waals surface area (Å²) in [6, 6.07) is 0.429. The highest BCUT2D eigenvalue weighted by molar-refractivity contribution is 4.69. The van der Waals surface area contributed by atoms with Crippen LogP contribution in [-0.4, -0.2) is 18.8 Å². The first-order valence-electron chi connectivity index (χ1n) is 10.2. The summed E-state index contributed by atoms with van der Waals surface area (Å²) in [5.74, 6) is 0. The van der Waals surface area contributed by atoms with E-state index < -0.39 is 0 Å². The van der Waals surface area contributed by atoms with Crippen LogP contribution < -0.4 is 5.73 Å². The van der Waals surface area contributed by atoms with Gasteiger partial charge in [-0.2, -0.15) is 0 Å². The number of hydrogen-bond donors (Lipinski definition) is 1. The molecule has 132 valence electrons. The topological polar surface area (TPSA) is 35.2 Å². The van der Waals surface area contributed by atoms with Crippen LogP contribution in [0.3, 0.4) is 0 Å². The Morgan fingerprint density at radius 2 is 1.32 bits per heavy atom. The molecule has 0 aliphatic carbocycles. The van der Waals surface area contributed by atoms with Crippen molar-refractivity contribution in [2.45, 2.75) is 122 Å². The molecule has 0 radical (unpaired) electrons. The van der Waals surface area contributed by atoms with Crippen molar-refractivity contribution in [3.63, 3.8) is 0 Å². The lowest BCUT2D eigenvalue weighted by atomic mass is 9.99. The van der Waals surface area contributed by atoms with Gasteiger partial charge < -0.3 is 10.5 Å². The Labute approximate surface area is 139 Å². The van der Waals surface area contributed by atoms with Crippen LogP contribution in [0.4, 0.5) is 0 Å². The van der Waals surface area contributed by atoms with Gasteiger partial charge in [-0.05, 0) is 32.1 Å². The smallest absolute Gasteiger partial charge is 0.0597 e. The molecular weight excluding hydrogens is 270 g/mol. The van der Waals surface area contributed by atoms with Gasteiger partial charge in [-0.25, -0.2) is 0 Å². The van der Waals surface area contributed by atoms with E-state index in [9.17, 15) is 0 Å². The van der Waals surface area contributed by atoms with Crippen molar-refractivity contribution in [2.75, 3.05) is 6.61 Å². The lowest BCUT2D eigenvalue weighted by molar-refractivity contribution is -0.0557. The summed E-state index contributed by atoms with van der Waals surface area (Å²) in [7, 11) is 0. The lowest BCUT2D eigenvalue weighted by Crippen LogP contribution is -2.27. The fourth-order valence-electron chi connectivity index (χ4n) is 3.33. The number of unbranched alkanes of at least 4 members (excludes halogenated alkanes) is 10. The largest absolute Gasteiger partial charge is 0.378 e. The maximum absolute atomic E-state index is 6.20. The van der Waals surface area contributed by atoms with Gasteiger partial charge in [0, 0.05) is 12.6 Å². The summed E-state index contributed by atoms with van der Waals surface area (Å²) in [4.78, 5) is 0. The molecule has 2 atom stereocenters. The zero-order valence-corrected chi connectivity index (χ0v) is 15.2. The summed E-state index contributed by atoms with van der Waals surface area (Å²) in [5.41, 5.74) is 6.20. The Kier molecular flexibility index (Phi) is 13.2. The molecule has 1 rings (SSSR count). The third-order valence-electron chi connectivity index (χ3n) is 5.07. The minimum Gasteiger partial charge on any atom is -0.378 e. The van der Waals surface area contributed by atoms with Crippen molar-refractivity contribution < 1.29 is 4.74 Å². The molecule has 0 bridgehead atoms. The summed E-state index contributed by atoms with van der Waals surface area (Å²) in [5, 5.41) is 0. The van der Waals surface area contributed by atoms with E-state index in [0.29, 0.717) is 12.1 Å². The number of rotatable bonds is 16. The van der Waals surface area contributed by atoms with Crippen LogP contribution in [0.1, 0.15) is 110 Å². The summed E-state index contributed by atoms with van der Waals surface area (Å²) in [6.45, 7) is 3.27. The normalized spacial score (nSPS) is 19.1. The van der Waals surface area contributed by atoms with E-state index in [-0.39, 0.29) is 0 Å². The van der Waals surface area contributed by atoms with Gasteiger partial charge in [0.15, 0.2) is 0 Å². The third kappa shape index (κ3) is 11.5. The van der Waals surface area contributed by atoms with Gasteiger partial charge in [-0.3, -0.25) is 0 Å². The Morgan fingerprint density at radius 1 is 0.818 bits per heavy atom. The van der Waals surface area contributed by atoms with E-state index in [1.807, 2.05) is 0 Å². The molecule has 1 saturated heterocycles. The second-order valence-corrected chi connectivity index (χ2v) is 7.30. The predicted molar refractivity (Wildman–Crippen MR) is 97.3 cm³/mol. The predicted octanol–water partition coefficient (Wildman–Crippen LogP) is 5.97. The van der Waals surface area contributed by atoms with Crippen LogP contribution in [-0.2, 0) is 4.74 Å². The standard InChI is InChI=1S/C20H41NO/c1-2-3-4-5-6-7-8-9-10-11-12-14-19(21)15-13-16-20-17-18-22-20/h19-20H,2-18,21H2,1H3. The average Bonchev–Trinajstić information content (AvgIpc) is 2.47. The molecule has 2 N–H and O–H groups in total. The third-order valence-corrected chi connectivity index (χ3v) is 5.07. The van der Waals surface area contributed by atoms with Crippen molar-refractivity contribution in [1.29, 1.82) is 0 Å². The number of hydrogen-bond acceptors (Lipinski definition) is 2. The van der Waals surface area contributed by atoms with Gasteiger partial charge in [0.1, 0.15) is 0 Å². The molecule has 0 aromatic carbocycles. The highest BCUT2D eigenvalue weighted by Gasteiger charge is 2.17. The van der Waals surface area contributed by atoms with Crippen LogP contribution in [0.15, 0.2) is 0 Å². The van der Waals surface area contributed by atoms with Gasteiger partial charge >= 0.3 is 0 Å². The van der Waals surface area contributed by atoms with E-state index in [2.05, 4.69) is 6.92 Å². The summed E-state index contributed by atoms with van der Waals surface area (Å²) >= 11 is 0. The average molecular weight is 312 g/mol. The second-order valence-electron chi connectivity index (χ2n) is 7.30. The van der Waals surface area contributed by atoms with Crippen LogP contribution >= 0.6 is 0 Å². The molecule has 22 heavy (non-hydrogen) atoms. The molecular formula is C20H41NO. The molecule has 2 nitrogen and oxygen atoms in total. The highest BCUT2D eigenvalue weighted by atomic mass is 16.5. The van der Waals surface area contributed by atoms with Crippen molar-refractivity contribution >= 4 is 0 Å². The minimum absolute atomic E-state index is 0.429. The minimum atomic E-state index is 0.429.